The van der Waals surface area contributed by atoms with Gasteiger partial charge in [0.1, 0.15) is 0 Å². The van der Waals surface area contributed by atoms with Gasteiger partial charge in [-0.1, -0.05) is 12.2 Å². The zero-order valence-corrected chi connectivity index (χ0v) is 16.0. The minimum atomic E-state index is -0.0468. The lowest BCUT2D eigenvalue weighted by molar-refractivity contribution is 0.816. The van der Waals surface area contributed by atoms with Crippen molar-refractivity contribution in [3.8, 4) is 0 Å². The summed E-state index contributed by atoms with van der Waals surface area (Å²) in [5, 5.41) is 0. The lowest BCUT2D eigenvalue weighted by atomic mass is 9.99. The number of rotatable bonds is 6. The Morgan fingerprint density at radius 3 is 1.74 bits per heavy atom. The lowest BCUT2D eigenvalue weighted by Crippen LogP contribution is -2.30. The molecule has 0 aromatic heterocycles. The second kappa shape index (κ2) is 6.86. The molecule has 0 saturated carbocycles. The third-order valence-corrected chi connectivity index (χ3v) is 5.54. The van der Waals surface area contributed by atoms with Gasteiger partial charge in [0.15, 0.2) is 0 Å². The average molecular weight is 320 g/mol. The molecule has 0 saturated heterocycles. The van der Waals surface area contributed by atoms with E-state index in [4.69, 9.17) is 5.73 Å². The summed E-state index contributed by atoms with van der Waals surface area (Å²) in [5.41, 5.74) is 8.18. The monoisotopic (exact) mass is 319 g/mol. The molecule has 0 aromatic carbocycles. The van der Waals surface area contributed by atoms with Crippen LogP contribution in [0.5, 0.6) is 0 Å². The quantitative estimate of drug-likeness (QED) is 0.387. The second-order valence-corrected chi connectivity index (χ2v) is 12.2. The fraction of sp³-hybridized carbons (Fsp3) is 0.733. The highest BCUT2D eigenvalue weighted by molar-refractivity contribution is 8.23. The first-order chi connectivity index (χ1) is 8.34. The molecule has 0 amide bonds. The summed E-state index contributed by atoms with van der Waals surface area (Å²) < 4.78 is -0.00723. The van der Waals surface area contributed by atoms with Crippen LogP contribution in [-0.2, 0) is 0 Å². The molecule has 0 heterocycles. The van der Waals surface area contributed by atoms with Crippen LogP contribution in [0, 0.1) is 0 Å². The van der Waals surface area contributed by atoms with Gasteiger partial charge in [-0.3, -0.25) is 0 Å². The van der Waals surface area contributed by atoms with Crippen LogP contribution in [0.4, 0.5) is 0 Å². The topological polar surface area (TPSA) is 26.0 Å². The molecule has 112 valence electrons. The summed E-state index contributed by atoms with van der Waals surface area (Å²) >= 11 is 8.44. The van der Waals surface area contributed by atoms with Crippen molar-refractivity contribution >= 4 is 36.2 Å². The summed E-state index contributed by atoms with van der Waals surface area (Å²) in [5.74, 6) is 0. The van der Waals surface area contributed by atoms with Crippen LogP contribution < -0.4 is 5.73 Å². The van der Waals surface area contributed by atoms with E-state index < -0.39 is 0 Å². The molecule has 1 nitrogen and oxygen atoms in total. The molecular formula is C15H29NS3. The Balaban J connectivity index is 5.14. The van der Waals surface area contributed by atoms with E-state index in [-0.39, 0.29) is 12.9 Å². The molecule has 2 N–H and O–H groups in total. The van der Waals surface area contributed by atoms with E-state index in [1.165, 1.54) is 5.57 Å². The highest BCUT2D eigenvalue weighted by atomic mass is 32.2. The van der Waals surface area contributed by atoms with Crippen LogP contribution >= 0.6 is 36.2 Å². The van der Waals surface area contributed by atoms with E-state index in [1.54, 1.807) is 0 Å². The molecule has 0 aromatic rings. The maximum absolute atomic E-state index is 6.12. The molecule has 0 rings (SSSR count). The molecule has 0 aliphatic heterocycles. The van der Waals surface area contributed by atoms with Crippen molar-refractivity contribution in [3.05, 3.63) is 23.4 Å². The van der Waals surface area contributed by atoms with E-state index in [0.717, 1.165) is 5.70 Å². The Bertz CT molecular complexity index is 360. The number of nitrogens with two attached hydrogens (primary N) is 1. The van der Waals surface area contributed by atoms with Crippen molar-refractivity contribution < 1.29 is 0 Å². The predicted molar refractivity (Wildman–Crippen MR) is 98.1 cm³/mol. The minimum absolute atomic E-state index is 0.0269. The van der Waals surface area contributed by atoms with Gasteiger partial charge in [-0.05, 0) is 61.0 Å². The molecule has 0 unspecified atom stereocenters. The van der Waals surface area contributed by atoms with Gasteiger partial charge in [-0.15, -0.1) is 23.5 Å². The molecule has 0 bridgehead atoms. The van der Waals surface area contributed by atoms with E-state index >= 15 is 0 Å². The SMILES string of the molecule is C/C=C(N)\C(=C/C)C(C)(C)SC(C)(C)SC(C)(C)S. The van der Waals surface area contributed by atoms with E-state index in [1.807, 2.05) is 36.5 Å². The summed E-state index contributed by atoms with van der Waals surface area (Å²) in [4.78, 5) is 0. The molecule has 0 aliphatic rings. The van der Waals surface area contributed by atoms with Gasteiger partial charge in [0.2, 0.25) is 0 Å². The molecule has 0 aliphatic carbocycles. The summed E-state index contributed by atoms with van der Waals surface area (Å²) in [6.07, 6.45) is 4.09. The van der Waals surface area contributed by atoms with Gasteiger partial charge in [0, 0.05) is 10.4 Å². The number of thioether (sulfide) groups is 2. The van der Waals surface area contributed by atoms with Crippen molar-refractivity contribution in [3.63, 3.8) is 0 Å². The van der Waals surface area contributed by atoms with Gasteiger partial charge >= 0.3 is 0 Å². The van der Waals surface area contributed by atoms with Crippen LogP contribution in [0.2, 0.25) is 0 Å². The average Bonchev–Trinajstić information content (AvgIpc) is 2.11. The number of hydrogen-bond acceptors (Lipinski definition) is 4. The smallest absolute Gasteiger partial charge is 0.0577 e. The molecule has 4 heteroatoms. The maximum Gasteiger partial charge on any atom is 0.0577 e. The standard InChI is InChI=1S/C15H29NS3/c1-9-11(12(16)10-2)13(3,4)18-15(7,8)19-14(5,6)17/h9-10,17H,16H2,1-8H3/b11-9+,12-10+. The Morgan fingerprint density at radius 1 is 0.947 bits per heavy atom. The van der Waals surface area contributed by atoms with Crippen molar-refractivity contribution in [1.82, 2.24) is 0 Å². The summed E-state index contributed by atoms with van der Waals surface area (Å²) in [6, 6.07) is 0. The van der Waals surface area contributed by atoms with Gasteiger partial charge in [0.05, 0.1) is 8.16 Å². The third kappa shape index (κ3) is 7.05. The van der Waals surface area contributed by atoms with Crippen LogP contribution in [0.25, 0.3) is 0 Å². The van der Waals surface area contributed by atoms with E-state index in [9.17, 15) is 0 Å². The fourth-order valence-corrected chi connectivity index (χ4v) is 7.37. The zero-order valence-electron chi connectivity index (χ0n) is 13.5. The Labute approximate surface area is 133 Å². The Hall–Kier alpha value is 0.330. The first-order valence-electron chi connectivity index (χ1n) is 6.56. The molecule has 0 radical (unpaired) electrons. The molecule has 0 spiro atoms. The van der Waals surface area contributed by atoms with Crippen molar-refractivity contribution in [2.24, 2.45) is 5.73 Å². The van der Waals surface area contributed by atoms with Gasteiger partial charge in [0.25, 0.3) is 0 Å². The Morgan fingerprint density at radius 2 is 1.42 bits per heavy atom. The zero-order chi connectivity index (χ0) is 15.5. The van der Waals surface area contributed by atoms with Crippen LogP contribution in [-0.4, -0.2) is 12.9 Å². The van der Waals surface area contributed by atoms with Crippen molar-refractivity contribution in [1.29, 1.82) is 0 Å². The number of allylic oxidation sites excluding steroid dienone is 3. The lowest BCUT2D eigenvalue weighted by Gasteiger charge is -2.39. The van der Waals surface area contributed by atoms with Gasteiger partial charge in [-0.25, -0.2) is 0 Å². The normalized spacial score (nSPS) is 15.8. The highest BCUT2D eigenvalue weighted by Gasteiger charge is 2.36. The van der Waals surface area contributed by atoms with Crippen molar-refractivity contribution in [2.45, 2.75) is 68.3 Å². The Kier molecular flexibility index (Phi) is 6.98. The van der Waals surface area contributed by atoms with Crippen LogP contribution in [0.1, 0.15) is 55.4 Å². The molecule has 0 atom stereocenters. The van der Waals surface area contributed by atoms with Gasteiger partial charge < -0.3 is 5.73 Å². The summed E-state index contributed by atoms with van der Waals surface area (Å²) in [6.45, 7) is 17.3. The number of hydrogen-bond donors (Lipinski definition) is 2. The first-order valence-corrected chi connectivity index (χ1v) is 8.64. The largest absolute Gasteiger partial charge is 0.399 e. The number of thiol groups is 1. The molecule has 19 heavy (non-hydrogen) atoms. The van der Waals surface area contributed by atoms with Gasteiger partial charge in [-0.2, -0.15) is 12.6 Å². The maximum atomic E-state index is 6.12. The highest BCUT2D eigenvalue weighted by Crippen LogP contribution is 2.52. The predicted octanol–water partition coefficient (Wildman–Crippen LogP) is 5.44. The van der Waals surface area contributed by atoms with Crippen molar-refractivity contribution in [2.75, 3.05) is 0 Å². The van der Waals surface area contributed by atoms with E-state index in [0.29, 0.717) is 0 Å². The third-order valence-electron chi connectivity index (χ3n) is 2.56. The minimum Gasteiger partial charge on any atom is -0.399 e. The second-order valence-electron chi connectivity index (χ2n) is 6.01. The molecule has 0 fully saturated rings. The first kappa shape index (κ1) is 19.3. The fourth-order valence-electron chi connectivity index (χ4n) is 2.31. The molecular weight excluding hydrogens is 290 g/mol. The summed E-state index contributed by atoms with van der Waals surface area (Å²) in [7, 11) is 0. The van der Waals surface area contributed by atoms with Crippen LogP contribution in [0.15, 0.2) is 23.4 Å². The van der Waals surface area contributed by atoms with E-state index in [2.05, 4.69) is 67.2 Å². The van der Waals surface area contributed by atoms with Crippen LogP contribution in [0.3, 0.4) is 0 Å².